The Morgan fingerprint density at radius 3 is 2.75 bits per heavy atom. The second kappa shape index (κ2) is 5.32. The van der Waals surface area contributed by atoms with Crippen LogP contribution < -0.4 is 10.6 Å². The molecule has 0 aliphatic carbocycles. The number of rotatable bonds is 3. The first kappa shape index (κ1) is 11.4. The molecular formula is C13H20N2O. The molecule has 1 aromatic carbocycles. The molecule has 0 aromatic heterocycles. The lowest BCUT2D eigenvalue weighted by Gasteiger charge is -2.25. The van der Waals surface area contributed by atoms with Crippen molar-refractivity contribution in [2.45, 2.75) is 19.9 Å². The molecule has 1 aromatic rings. The van der Waals surface area contributed by atoms with Crippen molar-refractivity contribution in [2.75, 3.05) is 31.6 Å². The summed E-state index contributed by atoms with van der Waals surface area (Å²) in [7, 11) is 0. The minimum absolute atomic E-state index is 0.424. The maximum Gasteiger partial charge on any atom is 0.0637 e. The summed E-state index contributed by atoms with van der Waals surface area (Å²) < 4.78 is 5.43. The molecule has 1 unspecified atom stereocenters. The summed E-state index contributed by atoms with van der Waals surface area (Å²) in [5.74, 6) is 0. The van der Waals surface area contributed by atoms with Gasteiger partial charge in [-0.2, -0.15) is 0 Å². The van der Waals surface area contributed by atoms with Gasteiger partial charge in [0, 0.05) is 24.8 Å². The van der Waals surface area contributed by atoms with Crippen molar-refractivity contribution in [2.24, 2.45) is 0 Å². The minimum atomic E-state index is 0.424. The minimum Gasteiger partial charge on any atom is -0.383 e. The van der Waals surface area contributed by atoms with Gasteiger partial charge in [-0.1, -0.05) is 18.2 Å². The van der Waals surface area contributed by atoms with E-state index in [2.05, 4.69) is 42.7 Å². The molecule has 1 aliphatic heterocycles. The molecule has 0 amide bonds. The van der Waals surface area contributed by atoms with Gasteiger partial charge >= 0.3 is 0 Å². The Hall–Kier alpha value is -1.06. The van der Waals surface area contributed by atoms with Crippen molar-refractivity contribution >= 4 is 5.69 Å². The molecule has 1 fully saturated rings. The molecule has 0 radical (unpaired) electrons. The number of ether oxygens (including phenoxy) is 1. The highest BCUT2D eigenvalue weighted by Crippen LogP contribution is 2.19. The molecule has 1 saturated heterocycles. The maximum atomic E-state index is 5.43. The van der Waals surface area contributed by atoms with E-state index >= 15 is 0 Å². The van der Waals surface area contributed by atoms with E-state index in [0.717, 1.165) is 26.3 Å². The highest BCUT2D eigenvalue weighted by molar-refractivity contribution is 5.56. The lowest BCUT2D eigenvalue weighted by Crippen LogP contribution is -2.45. The number of hydrogen-bond acceptors (Lipinski definition) is 3. The second-order valence-electron chi connectivity index (χ2n) is 4.37. The molecule has 0 saturated carbocycles. The van der Waals surface area contributed by atoms with Crippen LogP contribution in [0.4, 0.5) is 5.69 Å². The van der Waals surface area contributed by atoms with Crippen LogP contribution in [-0.4, -0.2) is 32.3 Å². The van der Waals surface area contributed by atoms with E-state index in [0.29, 0.717) is 6.04 Å². The molecule has 3 heteroatoms. The van der Waals surface area contributed by atoms with Gasteiger partial charge in [-0.05, 0) is 25.0 Å². The molecule has 2 N–H and O–H groups in total. The van der Waals surface area contributed by atoms with Gasteiger partial charge in [0.05, 0.1) is 13.2 Å². The van der Waals surface area contributed by atoms with E-state index in [9.17, 15) is 0 Å². The third kappa shape index (κ3) is 2.74. The lowest BCUT2D eigenvalue weighted by atomic mass is 10.1. The van der Waals surface area contributed by atoms with Crippen molar-refractivity contribution in [3.63, 3.8) is 0 Å². The van der Waals surface area contributed by atoms with Gasteiger partial charge in [0.1, 0.15) is 0 Å². The van der Waals surface area contributed by atoms with E-state index in [4.69, 9.17) is 4.74 Å². The fraction of sp³-hybridized carbons (Fsp3) is 0.538. The summed E-state index contributed by atoms with van der Waals surface area (Å²) in [6, 6.07) is 6.80. The predicted molar refractivity (Wildman–Crippen MR) is 67.0 cm³/mol. The lowest BCUT2D eigenvalue weighted by molar-refractivity contribution is 0.0806. The Kier molecular flexibility index (Phi) is 3.80. The smallest absolute Gasteiger partial charge is 0.0637 e. The van der Waals surface area contributed by atoms with Crippen LogP contribution in [-0.2, 0) is 4.74 Å². The topological polar surface area (TPSA) is 33.3 Å². The van der Waals surface area contributed by atoms with Crippen LogP contribution in [0.15, 0.2) is 18.2 Å². The third-order valence-electron chi connectivity index (χ3n) is 3.00. The summed E-state index contributed by atoms with van der Waals surface area (Å²) in [6.07, 6.45) is 0. The Balaban J connectivity index is 1.93. The molecule has 1 aliphatic rings. The maximum absolute atomic E-state index is 5.43. The Labute approximate surface area is 97.2 Å². The van der Waals surface area contributed by atoms with E-state index in [1.54, 1.807) is 0 Å². The second-order valence-corrected chi connectivity index (χ2v) is 4.37. The molecule has 0 spiro atoms. The molecule has 1 heterocycles. The van der Waals surface area contributed by atoms with Crippen LogP contribution in [0.1, 0.15) is 11.1 Å². The van der Waals surface area contributed by atoms with Crippen LogP contribution in [0.25, 0.3) is 0 Å². The Bertz CT molecular complexity index is 326. The first-order chi connectivity index (χ1) is 7.77. The first-order valence-electron chi connectivity index (χ1n) is 5.88. The predicted octanol–water partition coefficient (Wildman–Crippen LogP) is 1.70. The monoisotopic (exact) mass is 220 g/mol. The SMILES string of the molecule is Cc1cccc(C)c1NCC1COCCN1. The van der Waals surface area contributed by atoms with Gasteiger partial charge in [-0.15, -0.1) is 0 Å². The summed E-state index contributed by atoms with van der Waals surface area (Å²) in [6.45, 7) is 7.79. The van der Waals surface area contributed by atoms with Gasteiger partial charge in [0.25, 0.3) is 0 Å². The Morgan fingerprint density at radius 2 is 2.12 bits per heavy atom. The Morgan fingerprint density at radius 1 is 1.38 bits per heavy atom. The fourth-order valence-corrected chi connectivity index (χ4v) is 2.07. The largest absolute Gasteiger partial charge is 0.383 e. The van der Waals surface area contributed by atoms with E-state index in [-0.39, 0.29) is 0 Å². The van der Waals surface area contributed by atoms with E-state index in [1.165, 1.54) is 16.8 Å². The average Bonchev–Trinajstić information content (AvgIpc) is 2.30. The molecule has 2 rings (SSSR count). The number of aryl methyl sites for hydroxylation is 2. The van der Waals surface area contributed by atoms with Gasteiger partial charge < -0.3 is 15.4 Å². The summed E-state index contributed by atoms with van der Waals surface area (Å²) in [5, 5.41) is 6.95. The fourth-order valence-electron chi connectivity index (χ4n) is 2.07. The molecule has 16 heavy (non-hydrogen) atoms. The third-order valence-corrected chi connectivity index (χ3v) is 3.00. The standard InChI is InChI=1S/C13H20N2O/c1-10-4-3-5-11(2)13(10)15-8-12-9-16-7-6-14-12/h3-5,12,14-15H,6-9H2,1-2H3. The summed E-state index contributed by atoms with van der Waals surface area (Å²) in [5.41, 5.74) is 3.86. The van der Waals surface area contributed by atoms with Crippen LogP contribution in [0, 0.1) is 13.8 Å². The van der Waals surface area contributed by atoms with Gasteiger partial charge in [0.15, 0.2) is 0 Å². The van der Waals surface area contributed by atoms with Crippen LogP contribution in [0.3, 0.4) is 0 Å². The zero-order valence-corrected chi connectivity index (χ0v) is 10.0. The number of nitrogens with one attached hydrogen (secondary N) is 2. The highest BCUT2D eigenvalue weighted by atomic mass is 16.5. The van der Waals surface area contributed by atoms with E-state index in [1.807, 2.05) is 0 Å². The normalized spacial score (nSPS) is 20.8. The number of para-hydroxylation sites is 1. The summed E-state index contributed by atoms with van der Waals surface area (Å²) >= 11 is 0. The quantitative estimate of drug-likeness (QED) is 0.813. The van der Waals surface area contributed by atoms with Crippen LogP contribution in [0.2, 0.25) is 0 Å². The number of benzene rings is 1. The zero-order valence-electron chi connectivity index (χ0n) is 10.0. The van der Waals surface area contributed by atoms with Crippen molar-refractivity contribution < 1.29 is 4.74 Å². The molecule has 1 atom stereocenters. The van der Waals surface area contributed by atoms with Crippen molar-refractivity contribution in [3.8, 4) is 0 Å². The highest BCUT2D eigenvalue weighted by Gasteiger charge is 2.13. The zero-order chi connectivity index (χ0) is 11.4. The van der Waals surface area contributed by atoms with Crippen molar-refractivity contribution in [3.05, 3.63) is 29.3 Å². The van der Waals surface area contributed by atoms with Crippen LogP contribution >= 0.6 is 0 Å². The van der Waals surface area contributed by atoms with Gasteiger partial charge in [-0.25, -0.2) is 0 Å². The van der Waals surface area contributed by atoms with Crippen molar-refractivity contribution in [1.29, 1.82) is 0 Å². The number of anilines is 1. The number of morpholine rings is 1. The van der Waals surface area contributed by atoms with Crippen LogP contribution in [0.5, 0.6) is 0 Å². The van der Waals surface area contributed by atoms with Gasteiger partial charge in [0.2, 0.25) is 0 Å². The molecule has 3 nitrogen and oxygen atoms in total. The van der Waals surface area contributed by atoms with Gasteiger partial charge in [-0.3, -0.25) is 0 Å². The molecule has 88 valence electrons. The number of hydrogen-bond donors (Lipinski definition) is 2. The molecular weight excluding hydrogens is 200 g/mol. The first-order valence-corrected chi connectivity index (χ1v) is 5.88. The van der Waals surface area contributed by atoms with E-state index < -0.39 is 0 Å². The average molecular weight is 220 g/mol. The summed E-state index contributed by atoms with van der Waals surface area (Å²) in [4.78, 5) is 0. The van der Waals surface area contributed by atoms with Crippen molar-refractivity contribution in [1.82, 2.24) is 5.32 Å². The molecule has 0 bridgehead atoms.